The first-order valence-electron chi connectivity index (χ1n) is 4.14. The standard InChI is InChI=1S/C9H11NO4.Na.H/c11-6-8(10(13)14)9(12)7-4-2-1-3-5-7;;/h1-5,8-9,11-12H,6H2;;. The second kappa shape index (κ2) is 6.92. The zero-order valence-corrected chi connectivity index (χ0v) is 7.41. The number of aliphatic hydroxyl groups is 2. The molecule has 5 nitrogen and oxygen atoms in total. The van der Waals surface area contributed by atoms with Crippen LogP contribution in [0.25, 0.3) is 0 Å². The van der Waals surface area contributed by atoms with Crippen molar-refractivity contribution < 1.29 is 15.1 Å². The summed E-state index contributed by atoms with van der Waals surface area (Å²) in [6, 6.07) is 6.89. The summed E-state index contributed by atoms with van der Waals surface area (Å²) >= 11 is 0. The van der Waals surface area contributed by atoms with Gasteiger partial charge in [0.25, 0.3) is 6.04 Å². The van der Waals surface area contributed by atoms with E-state index in [1.54, 1.807) is 30.3 Å². The summed E-state index contributed by atoms with van der Waals surface area (Å²) in [5, 5.41) is 28.7. The van der Waals surface area contributed by atoms with E-state index in [1.807, 2.05) is 0 Å². The van der Waals surface area contributed by atoms with Gasteiger partial charge in [-0.05, 0) is 5.56 Å². The van der Waals surface area contributed by atoms with Crippen molar-refractivity contribution in [2.75, 3.05) is 6.61 Å². The Labute approximate surface area is 109 Å². The molecule has 0 aliphatic rings. The van der Waals surface area contributed by atoms with E-state index in [9.17, 15) is 15.2 Å². The van der Waals surface area contributed by atoms with Gasteiger partial charge < -0.3 is 10.2 Å². The van der Waals surface area contributed by atoms with Crippen molar-refractivity contribution in [1.82, 2.24) is 0 Å². The second-order valence-electron chi connectivity index (χ2n) is 2.89. The summed E-state index contributed by atoms with van der Waals surface area (Å²) in [6.07, 6.45) is -1.27. The molecule has 0 fully saturated rings. The Morgan fingerprint density at radius 1 is 1.33 bits per heavy atom. The molecule has 1 aromatic rings. The molecule has 0 spiro atoms. The van der Waals surface area contributed by atoms with Crippen LogP contribution in [0.15, 0.2) is 30.3 Å². The molecule has 1 aromatic carbocycles. The van der Waals surface area contributed by atoms with E-state index in [1.165, 1.54) is 0 Å². The van der Waals surface area contributed by atoms with Crippen molar-refractivity contribution in [2.24, 2.45) is 0 Å². The van der Waals surface area contributed by atoms with E-state index >= 15 is 0 Å². The van der Waals surface area contributed by atoms with E-state index in [0.29, 0.717) is 5.56 Å². The normalized spacial score (nSPS) is 13.7. The Bertz CT molecular complexity index is 306. The first kappa shape index (κ1) is 14.5. The second-order valence-corrected chi connectivity index (χ2v) is 2.89. The van der Waals surface area contributed by atoms with Gasteiger partial charge in [-0.15, -0.1) is 0 Å². The molecule has 0 bridgehead atoms. The molecule has 0 saturated heterocycles. The van der Waals surface area contributed by atoms with Gasteiger partial charge in [-0.25, -0.2) is 0 Å². The van der Waals surface area contributed by atoms with Crippen molar-refractivity contribution in [3.05, 3.63) is 46.0 Å². The van der Waals surface area contributed by atoms with Crippen LogP contribution in [0, 0.1) is 10.1 Å². The molecule has 1 rings (SSSR count). The maximum absolute atomic E-state index is 10.4. The van der Waals surface area contributed by atoms with Gasteiger partial charge in [-0.2, -0.15) is 0 Å². The van der Waals surface area contributed by atoms with E-state index in [4.69, 9.17) is 5.11 Å². The Morgan fingerprint density at radius 2 is 1.87 bits per heavy atom. The molecule has 0 aliphatic carbocycles. The van der Waals surface area contributed by atoms with Crippen LogP contribution in [0.5, 0.6) is 0 Å². The summed E-state index contributed by atoms with van der Waals surface area (Å²) in [5.41, 5.74) is 0.434. The van der Waals surface area contributed by atoms with Gasteiger partial charge in [0, 0.05) is 4.92 Å². The van der Waals surface area contributed by atoms with Crippen molar-refractivity contribution in [3.8, 4) is 0 Å². The Kier molecular flexibility index (Phi) is 6.71. The summed E-state index contributed by atoms with van der Waals surface area (Å²) in [4.78, 5) is 9.75. The number of benzene rings is 1. The SMILES string of the molecule is O=[N+]([O-])C(CO)C(O)c1ccccc1.[NaH]. The number of nitrogens with zero attached hydrogens (tertiary/aromatic N) is 1. The molecule has 0 aromatic heterocycles. The average Bonchev–Trinajstić information content (AvgIpc) is 2.19. The predicted octanol–water partition coefficient (Wildman–Crippen LogP) is -0.291. The summed E-state index contributed by atoms with van der Waals surface area (Å²) < 4.78 is 0. The molecule has 0 saturated carbocycles. The minimum atomic E-state index is -1.36. The van der Waals surface area contributed by atoms with Crippen LogP contribution in [-0.2, 0) is 0 Å². The Balaban J connectivity index is 0.00000196. The van der Waals surface area contributed by atoms with Crippen LogP contribution in [0.4, 0.5) is 0 Å². The summed E-state index contributed by atoms with van der Waals surface area (Å²) in [7, 11) is 0. The first-order valence-corrected chi connectivity index (χ1v) is 4.14. The van der Waals surface area contributed by atoms with Gasteiger partial charge in [0.2, 0.25) is 0 Å². The quantitative estimate of drug-likeness (QED) is 0.415. The molecule has 2 N–H and O–H groups in total. The summed E-state index contributed by atoms with van der Waals surface area (Å²) in [6.45, 7) is -0.678. The third kappa shape index (κ3) is 3.89. The van der Waals surface area contributed by atoms with E-state index in [0.717, 1.165) is 0 Å². The molecule has 0 radical (unpaired) electrons. The zero-order chi connectivity index (χ0) is 10.6. The number of hydrogen-bond acceptors (Lipinski definition) is 4. The van der Waals surface area contributed by atoms with Crippen LogP contribution < -0.4 is 0 Å². The molecule has 0 aliphatic heterocycles. The fourth-order valence-corrected chi connectivity index (χ4v) is 1.15. The van der Waals surface area contributed by atoms with Gasteiger partial charge in [-0.1, -0.05) is 30.3 Å². The van der Waals surface area contributed by atoms with E-state index in [-0.39, 0.29) is 29.6 Å². The fraction of sp³-hybridized carbons (Fsp3) is 0.333. The van der Waals surface area contributed by atoms with Crippen LogP contribution in [-0.4, -0.2) is 57.3 Å². The molecule has 6 heteroatoms. The summed E-state index contributed by atoms with van der Waals surface area (Å²) in [5.74, 6) is 0. The van der Waals surface area contributed by atoms with Crippen molar-refractivity contribution in [2.45, 2.75) is 12.1 Å². The van der Waals surface area contributed by atoms with Crippen LogP contribution >= 0.6 is 0 Å². The minimum absolute atomic E-state index is 0. The maximum atomic E-state index is 10.4. The molecule has 0 heterocycles. The molecule has 2 unspecified atom stereocenters. The monoisotopic (exact) mass is 221 g/mol. The van der Waals surface area contributed by atoms with E-state index in [2.05, 4.69) is 0 Å². The first-order chi connectivity index (χ1) is 6.66. The number of rotatable bonds is 4. The Morgan fingerprint density at radius 3 is 2.27 bits per heavy atom. The third-order valence-corrected chi connectivity index (χ3v) is 1.96. The number of nitro groups is 1. The van der Waals surface area contributed by atoms with E-state index < -0.39 is 23.7 Å². The molecule has 2 atom stereocenters. The predicted molar refractivity (Wildman–Crippen MR) is 56.4 cm³/mol. The molecule has 15 heavy (non-hydrogen) atoms. The molecule has 78 valence electrons. The Hall–Kier alpha value is -0.460. The molecular weight excluding hydrogens is 209 g/mol. The van der Waals surface area contributed by atoms with Gasteiger partial charge in [0.05, 0.1) is 0 Å². The van der Waals surface area contributed by atoms with Gasteiger partial charge in [0.15, 0.2) is 0 Å². The van der Waals surface area contributed by atoms with Crippen LogP contribution in [0.3, 0.4) is 0 Å². The van der Waals surface area contributed by atoms with Crippen molar-refractivity contribution in [1.29, 1.82) is 0 Å². The number of hydrogen-bond donors (Lipinski definition) is 2. The topological polar surface area (TPSA) is 83.6 Å². The van der Waals surface area contributed by atoms with Gasteiger partial charge in [-0.3, -0.25) is 10.1 Å². The van der Waals surface area contributed by atoms with Crippen molar-refractivity contribution in [3.63, 3.8) is 0 Å². The van der Waals surface area contributed by atoms with Gasteiger partial charge >= 0.3 is 29.6 Å². The van der Waals surface area contributed by atoms with Gasteiger partial charge in [0.1, 0.15) is 12.7 Å². The average molecular weight is 221 g/mol. The van der Waals surface area contributed by atoms with Crippen LogP contribution in [0.2, 0.25) is 0 Å². The third-order valence-electron chi connectivity index (χ3n) is 1.96. The number of aliphatic hydroxyl groups excluding tert-OH is 2. The van der Waals surface area contributed by atoms with Crippen molar-refractivity contribution >= 4 is 29.6 Å². The van der Waals surface area contributed by atoms with Crippen LogP contribution in [0.1, 0.15) is 11.7 Å². The molecular formula is C9H12NNaO4. The zero-order valence-electron chi connectivity index (χ0n) is 7.41. The molecule has 0 amide bonds. The fourth-order valence-electron chi connectivity index (χ4n) is 1.15.